The summed E-state index contributed by atoms with van der Waals surface area (Å²) < 4.78 is 0. The van der Waals surface area contributed by atoms with Crippen molar-refractivity contribution < 1.29 is 0 Å². The maximum absolute atomic E-state index is 4.08. The zero-order chi connectivity index (χ0) is 11.0. The average Bonchev–Trinajstić information content (AvgIpc) is 2.54. The molecular weight excluding hydrogens is 264 g/mol. The molecule has 0 N–H and O–H groups in total. The van der Waals surface area contributed by atoms with Crippen molar-refractivity contribution in [1.82, 2.24) is 9.88 Å². The van der Waals surface area contributed by atoms with Crippen LogP contribution in [0.2, 0.25) is 0 Å². The number of hydrogen-bond donors (Lipinski definition) is 0. The van der Waals surface area contributed by atoms with Gasteiger partial charge in [-0.2, -0.15) is 0 Å². The number of alkyl halides is 1. The van der Waals surface area contributed by atoms with E-state index in [9.17, 15) is 0 Å². The van der Waals surface area contributed by atoms with Crippen LogP contribution >= 0.6 is 15.9 Å². The summed E-state index contributed by atoms with van der Waals surface area (Å²) >= 11 is 3.79. The summed E-state index contributed by atoms with van der Waals surface area (Å²) in [7, 11) is 0. The summed E-state index contributed by atoms with van der Waals surface area (Å²) in [4.78, 5) is 7.53. The van der Waals surface area contributed by atoms with E-state index >= 15 is 0 Å². The lowest BCUT2D eigenvalue weighted by Gasteiger charge is -2.37. The van der Waals surface area contributed by atoms with E-state index in [1.54, 1.807) is 0 Å². The Kier molecular flexibility index (Phi) is 2.99. The number of nitrogens with zero attached hydrogens (tertiary/aromatic N) is 2. The summed E-state index contributed by atoms with van der Waals surface area (Å²) in [6.07, 6.45) is 9.21. The largest absolute Gasteiger partial charge is 0.293 e. The van der Waals surface area contributed by atoms with E-state index in [0.29, 0.717) is 0 Å². The first-order chi connectivity index (χ1) is 7.83. The molecule has 2 aliphatic rings. The summed E-state index contributed by atoms with van der Waals surface area (Å²) in [5.74, 6) is 0. The molecule has 0 aliphatic carbocycles. The normalized spacial score (nSPS) is 34.2. The van der Waals surface area contributed by atoms with Gasteiger partial charge in [0.1, 0.15) is 0 Å². The van der Waals surface area contributed by atoms with Crippen molar-refractivity contribution in [3.63, 3.8) is 0 Å². The molecule has 0 radical (unpaired) electrons. The van der Waals surface area contributed by atoms with Crippen molar-refractivity contribution in [2.45, 2.75) is 49.1 Å². The Bertz CT molecular complexity index is 340. The molecule has 2 aliphatic heterocycles. The Morgan fingerprint density at radius 1 is 1.19 bits per heavy atom. The predicted molar refractivity (Wildman–Crippen MR) is 68.5 cm³/mol. The van der Waals surface area contributed by atoms with Gasteiger partial charge < -0.3 is 0 Å². The molecule has 2 atom stereocenters. The van der Waals surface area contributed by atoms with Gasteiger partial charge in [0.15, 0.2) is 0 Å². The van der Waals surface area contributed by atoms with Crippen LogP contribution < -0.4 is 0 Å². The predicted octanol–water partition coefficient (Wildman–Crippen LogP) is 2.97. The van der Waals surface area contributed by atoms with Gasteiger partial charge in [0.2, 0.25) is 0 Å². The van der Waals surface area contributed by atoms with Crippen LogP contribution in [0.1, 0.15) is 31.2 Å². The van der Waals surface area contributed by atoms with Gasteiger partial charge in [-0.1, -0.05) is 15.9 Å². The fraction of sp³-hybridized carbons (Fsp3) is 0.615. The number of aromatic nitrogens is 1. The third-order valence-corrected chi connectivity index (χ3v) is 4.69. The van der Waals surface area contributed by atoms with Crippen molar-refractivity contribution in [2.24, 2.45) is 0 Å². The number of pyridine rings is 1. The van der Waals surface area contributed by atoms with Crippen molar-refractivity contribution in [2.75, 3.05) is 0 Å². The molecule has 0 aromatic carbocycles. The first-order valence-electron chi connectivity index (χ1n) is 6.11. The van der Waals surface area contributed by atoms with Crippen LogP contribution in [0, 0.1) is 0 Å². The molecule has 0 saturated carbocycles. The van der Waals surface area contributed by atoms with Crippen molar-refractivity contribution in [3.05, 3.63) is 30.1 Å². The number of rotatable bonds is 2. The van der Waals surface area contributed by atoms with Crippen molar-refractivity contribution in [3.8, 4) is 0 Å². The second-order valence-corrected chi connectivity index (χ2v) is 6.28. The van der Waals surface area contributed by atoms with Gasteiger partial charge in [-0.15, -0.1) is 0 Å². The van der Waals surface area contributed by atoms with Crippen molar-refractivity contribution >= 4 is 15.9 Å². The zero-order valence-electron chi connectivity index (χ0n) is 9.35. The monoisotopic (exact) mass is 280 g/mol. The first kappa shape index (κ1) is 10.7. The Labute approximate surface area is 105 Å². The second kappa shape index (κ2) is 4.46. The highest BCUT2D eigenvalue weighted by Gasteiger charge is 2.39. The van der Waals surface area contributed by atoms with Gasteiger partial charge in [-0.3, -0.25) is 9.88 Å². The van der Waals surface area contributed by atoms with Gasteiger partial charge in [0, 0.05) is 35.8 Å². The number of piperidine rings is 1. The van der Waals surface area contributed by atoms with Crippen LogP contribution in [0.15, 0.2) is 24.5 Å². The van der Waals surface area contributed by atoms with E-state index in [0.717, 1.165) is 23.5 Å². The topological polar surface area (TPSA) is 16.1 Å². The van der Waals surface area contributed by atoms with E-state index in [1.165, 1.54) is 31.2 Å². The van der Waals surface area contributed by atoms with E-state index in [2.05, 4.69) is 37.9 Å². The highest BCUT2D eigenvalue weighted by molar-refractivity contribution is 9.09. The number of fused-ring (bicyclic) bond motifs is 2. The minimum Gasteiger partial charge on any atom is -0.293 e. The molecule has 2 unspecified atom stereocenters. The van der Waals surface area contributed by atoms with Crippen LogP contribution in [-0.2, 0) is 6.54 Å². The molecule has 3 heterocycles. The highest BCUT2D eigenvalue weighted by Crippen LogP contribution is 2.39. The molecular formula is C13H17BrN2. The quantitative estimate of drug-likeness (QED) is 0.775. The number of halogens is 1. The molecule has 2 bridgehead atoms. The third kappa shape index (κ3) is 2.03. The lowest BCUT2D eigenvalue weighted by Crippen LogP contribution is -2.42. The van der Waals surface area contributed by atoms with Gasteiger partial charge in [-0.05, 0) is 43.4 Å². The second-order valence-electron chi connectivity index (χ2n) is 4.98. The van der Waals surface area contributed by atoms with Crippen LogP contribution in [0.3, 0.4) is 0 Å². The maximum atomic E-state index is 4.08. The van der Waals surface area contributed by atoms with E-state index < -0.39 is 0 Å². The third-order valence-electron chi connectivity index (χ3n) is 3.94. The van der Waals surface area contributed by atoms with E-state index in [1.807, 2.05) is 12.4 Å². The lowest BCUT2D eigenvalue weighted by atomic mass is 10.0. The Balaban J connectivity index is 1.72. The Morgan fingerprint density at radius 2 is 1.81 bits per heavy atom. The molecule has 3 heteroatoms. The molecule has 86 valence electrons. The van der Waals surface area contributed by atoms with Crippen LogP contribution in [0.5, 0.6) is 0 Å². The average molecular weight is 281 g/mol. The van der Waals surface area contributed by atoms with Gasteiger partial charge in [-0.25, -0.2) is 0 Å². The molecule has 1 aromatic rings. The van der Waals surface area contributed by atoms with E-state index in [-0.39, 0.29) is 0 Å². The standard InChI is InChI=1S/C13H17BrN2/c14-11-7-12-1-2-13(8-11)16(12)9-10-3-5-15-6-4-10/h3-6,11-13H,1-2,7-9H2. The van der Waals surface area contributed by atoms with Crippen LogP contribution in [0.25, 0.3) is 0 Å². The minimum absolute atomic E-state index is 0.749. The molecule has 2 fully saturated rings. The molecule has 2 nitrogen and oxygen atoms in total. The lowest BCUT2D eigenvalue weighted by molar-refractivity contribution is 0.137. The molecule has 3 rings (SSSR count). The van der Waals surface area contributed by atoms with Crippen molar-refractivity contribution in [1.29, 1.82) is 0 Å². The molecule has 1 aromatic heterocycles. The Morgan fingerprint density at radius 3 is 2.44 bits per heavy atom. The molecule has 16 heavy (non-hydrogen) atoms. The van der Waals surface area contributed by atoms with Gasteiger partial charge in [0.25, 0.3) is 0 Å². The van der Waals surface area contributed by atoms with Gasteiger partial charge >= 0.3 is 0 Å². The summed E-state index contributed by atoms with van der Waals surface area (Å²) in [5, 5.41) is 0. The maximum Gasteiger partial charge on any atom is 0.0271 e. The Hall–Kier alpha value is -0.410. The summed E-state index contributed by atoms with van der Waals surface area (Å²) in [6.45, 7) is 1.11. The SMILES string of the molecule is BrC1CC2CCC(C1)N2Cc1ccncc1. The van der Waals surface area contributed by atoms with E-state index in [4.69, 9.17) is 0 Å². The van der Waals surface area contributed by atoms with Crippen LogP contribution in [-0.4, -0.2) is 26.8 Å². The smallest absolute Gasteiger partial charge is 0.0271 e. The fourth-order valence-corrected chi connectivity index (χ4v) is 4.03. The number of hydrogen-bond acceptors (Lipinski definition) is 2. The summed E-state index contributed by atoms with van der Waals surface area (Å²) in [6, 6.07) is 5.88. The first-order valence-corrected chi connectivity index (χ1v) is 7.03. The highest BCUT2D eigenvalue weighted by atomic mass is 79.9. The van der Waals surface area contributed by atoms with Gasteiger partial charge in [0.05, 0.1) is 0 Å². The molecule has 0 amide bonds. The minimum atomic E-state index is 0.749. The molecule has 0 spiro atoms. The van der Waals surface area contributed by atoms with Crippen LogP contribution in [0.4, 0.5) is 0 Å². The summed E-state index contributed by atoms with van der Waals surface area (Å²) in [5.41, 5.74) is 1.40. The zero-order valence-corrected chi connectivity index (χ0v) is 10.9. The fourth-order valence-electron chi connectivity index (χ4n) is 3.16. The molecule has 2 saturated heterocycles.